The van der Waals surface area contributed by atoms with Crippen LogP contribution in [-0.2, 0) is 21.4 Å². The minimum atomic E-state index is -2.36. The zero-order valence-corrected chi connectivity index (χ0v) is 14.9. The van der Waals surface area contributed by atoms with E-state index in [0.717, 1.165) is 11.8 Å². The van der Waals surface area contributed by atoms with Crippen LogP contribution in [0.15, 0.2) is 6.08 Å². The third kappa shape index (κ3) is 4.18. The van der Waals surface area contributed by atoms with Gasteiger partial charge in [-0.05, 0) is 19.9 Å². The number of hydrogen-bond acceptors (Lipinski definition) is 4. The molecule has 1 N–H and O–H groups in total. The Morgan fingerprint density at radius 2 is 1.57 bits per heavy atom. The summed E-state index contributed by atoms with van der Waals surface area (Å²) in [5.41, 5.74) is 0.540. The van der Waals surface area contributed by atoms with Crippen LogP contribution < -0.4 is 5.32 Å². The van der Waals surface area contributed by atoms with Crippen LogP contribution in [0.2, 0.25) is 0 Å². The van der Waals surface area contributed by atoms with E-state index in [1.54, 1.807) is 25.6 Å². The molecule has 0 unspecified atom stereocenters. The lowest BCUT2D eigenvalue weighted by atomic mass is 10.2. The van der Waals surface area contributed by atoms with E-state index in [4.69, 9.17) is 0 Å². The van der Waals surface area contributed by atoms with E-state index in [1.165, 1.54) is 11.4 Å². The highest BCUT2D eigenvalue weighted by atomic mass is 19.2. The van der Waals surface area contributed by atoms with Crippen molar-refractivity contribution in [3.8, 4) is 0 Å². The second-order valence-corrected chi connectivity index (χ2v) is 5.64. The second kappa shape index (κ2) is 8.19. The Bertz CT molecular complexity index is 956. The molecule has 1 amide bonds. The zero-order valence-electron chi connectivity index (χ0n) is 14.9. The summed E-state index contributed by atoms with van der Waals surface area (Å²) >= 11 is 0. The number of benzene rings is 1. The highest BCUT2D eigenvalue weighted by Crippen LogP contribution is 2.27. The molecule has 2 rings (SSSR count). The number of nitrogens with one attached hydrogen (secondary N) is 1. The van der Waals surface area contributed by atoms with E-state index in [2.05, 4.69) is 9.84 Å². The van der Waals surface area contributed by atoms with Gasteiger partial charge in [-0.25, -0.2) is 26.7 Å². The molecular formula is C17H14F5N3O3. The lowest BCUT2D eigenvalue weighted by Gasteiger charge is -2.09. The van der Waals surface area contributed by atoms with Crippen molar-refractivity contribution in [2.75, 3.05) is 11.9 Å². The average Bonchev–Trinajstić information content (AvgIpc) is 2.90. The number of esters is 1. The van der Waals surface area contributed by atoms with Gasteiger partial charge in [0.05, 0.1) is 5.69 Å². The maximum Gasteiger partial charge on any atom is 0.331 e. The molecule has 0 fully saturated rings. The summed E-state index contributed by atoms with van der Waals surface area (Å²) < 4.78 is 72.3. The number of amides is 1. The molecule has 0 spiro atoms. The van der Waals surface area contributed by atoms with E-state index in [1.807, 2.05) is 0 Å². The maximum absolute atomic E-state index is 13.5. The molecule has 6 nitrogen and oxygen atoms in total. The molecular weight excluding hydrogens is 389 g/mol. The molecule has 1 aromatic carbocycles. The van der Waals surface area contributed by atoms with Gasteiger partial charge < -0.3 is 10.1 Å². The fourth-order valence-corrected chi connectivity index (χ4v) is 2.26. The first-order chi connectivity index (χ1) is 13.0. The summed E-state index contributed by atoms with van der Waals surface area (Å²) in [4.78, 5) is 23.3. The van der Waals surface area contributed by atoms with Crippen molar-refractivity contribution in [3.05, 3.63) is 52.1 Å². The maximum atomic E-state index is 13.5. The number of carbonyl (C=O) groups is 2. The predicted octanol–water partition coefficient (Wildman–Crippen LogP) is 2.93. The topological polar surface area (TPSA) is 73.2 Å². The monoisotopic (exact) mass is 403 g/mol. The normalized spacial score (nSPS) is 11.1. The van der Waals surface area contributed by atoms with Crippen molar-refractivity contribution in [2.24, 2.45) is 7.05 Å². The molecule has 0 bridgehead atoms. The van der Waals surface area contributed by atoms with Crippen molar-refractivity contribution < 1.29 is 36.3 Å². The average molecular weight is 403 g/mol. The van der Waals surface area contributed by atoms with Gasteiger partial charge in [0.15, 0.2) is 29.9 Å². The Hall–Kier alpha value is -3.24. The van der Waals surface area contributed by atoms with Gasteiger partial charge in [-0.15, -0.1) is 0 Å². The van der Waals surface area contributed by atoms with Crippen molar-refractivity contribution in [3.63, 3.8) is 0 Å². The summed E-state index contributed by atoms with van der Waals surface area (Å²) in [6.07, 6.45) is 2.41. The summed E-state index contributed by atoms with van der Waals surface area (Å²) in [5.74, 6) is -13.5. The summed E-state index contributed by atoms with van der Waals surface area (Å²) in [6.45, 7) is 2.48. The number of anilines is 1. The fourth-order valence-electron chi connectivity index (χ4n) is 2.26. The largest absolute Gasteiger partial charge is 0.452 e. The molecule has 150 valence electrons. The van der Waals surface area contributed by atoms with Crippen LogP contribution in [0.3, 0.4) is 0 Å². The van der Waals surface area contributed by atoms with Gasteiger partial charge in [0.2, 0.25) is 5.82 Å². The predicted molar refractivity (Wildman–Crippen MR) is 87.5 cm³/mol. The smallest absolute Gasteiger partial charge is 0.331 e. The molecule has 1 heterocycles. The van der Waals surface area contributed by atoms with Gasteiger partial charge in [-0.2, -0.15) is 5.10 Å². The molecule has 0 saturated heterocycles. The fraction of sp³-hybridized carbons (Fsp3) is 0.235. The van der Waals surface area contributed by atoms with Gasteiger partial charge in [0, 0.05) is 24.4 Å². The Balaban J connectivity index is 2.01. The minimum Gasteiger partial charge on any atom is -0.452 e. The van der Waals surface area contributed by atoms with Gasteiger partial charge in [-0.1, -0.05) is 0 Å². The first-order valence-corrected chi connectivity index (χ1v) is 7.70. The molecule has 0 aliphatic rings. The van der Waals surface area contributed by atoms with Crippen LogP contribution in [0.1, 0.15) is 17.0 Å². The number of halogens is 5. The van der Waals surface area contributed by atoms with E-state index in [0.29, 0.717) is 11.3 Å². The molecule has 0 radical (unpaired) electrons. The number of nitrogens with zero attached hydrogens (tertiary/aromatic N) is 2. The van der Waals surface area contributed by atoms with Crippen LogP contribution in [0.5, 0.6) is 0 Å². The lowest BCUT2D eigenvalue weighted by molar-refractivity contribution is -0.142. The van der Waals surface area contributed by atoms with Crippen LogP contribution >= 0.6 is 0 Å². The third-order valence-corrected chi connectivity index (χ3v) is 3.77. The molecule has 0 aliphatic carbocycles. The van der Waals surface area contributed by atoms with Crippen molar-refractivity contribution >= 4 is 23.6 Å². The second-order valence-electron chi connectivity index (χ2n) is 5.64. The van der Waals surface area contributed by atoms with Crippen LogP contribution in [0.4, 0.5) is 27.6 Å². The first kappa shape index (κ1) is 21.1. The number of aryl methyl sites for hydroxylation is 2. The van der Waals surface area contributed by atoms with Gasteiger partial charge in [0.25, 0.3) is 5.91 Å². The van der Waals surface area contributed by atoms with E-state index in [-0.39, 0.29) is 0 Å². The van der Waals surface area contributed by atoms with Crippen LogP contribution in [0, 0.1) is 42.9 Å². The number of carbonyl (C=O) groups excluding carboxylic acids is 2. The van der Waals surface area contributed by atoms with Crippen LogP contribution in [-0.4, -0.2) is 28.3 Å². The summed E-state index contributed by atoms with van der Waals surface area (Å²) in [5, 5.41) is 5.62. The Kier molecular flexibility index (Phi) is 6.16. The van der Waals surface area contributed by atoms with E-state index in [9.17, 15) is 31.5 Å². The molecule has 0 saturated carbocycles. The first-order valence-electron chi connectivity index (χ1n) is 7.70. The minimum absolute atomic E-state index is 0.646. The number of aromatic nitrogens is 2. The van der Waals surface area contributed by atoms with Gasteiger partial charge >= 0.3 is 5.97 Å². The number of hydrogen-bond donors (Lipinski definition) is 1. The Labute approximate surface area is 155 Å². The summed E-state index contributed by atoms with van der Waals surface area (Å²) in [7, 11) is 1.71. The molecule has 28 heavy (non-hydrogen) atoms. The van der Waals surface area contributed by atoms with Crippen molar-refractivity contribution in [2.45, 2.75) is 13.8 Å². The SMILES string of the molecule is Cc1nn(C)c(C)c1/C=C/C(=O)OCC(=O)Nc1c(F)c(F)c(F)c(F)c1F. The Morgan fingerprint density at radius 3 is 2.07 bits per heavy atom. The molecule has 11 heteroatoms. The van der Waals surface area contributed by atoms with Crippen LogP contribution in [0.25, 0.3) is 6.08 Å². The highest BCUT2D eigenvalue weighted by molar-refractivity contribution is 5.94. The van der Waals surface area contributed by atoms with E-state index >= 15 is 0 Å². The standard InChI is InChI=1S/C17H14F5N3O3/c1-7-9(8(2)25(3)24-7)4-5-11(27)28-6-10(26)23-17-15(21)13(19)12(18)14(20)16(17)22/h4-5H,6H2,1-3H3,(H,23,26)/b5-4+. The zero-order chi connectivity index (χ0) is 21.2. The summed E-state index contributed by atoms with van der Waals surface area (Å²) in [6, 6.07) is 0. The van der Waals surface area contributed by atoms with Gasteiger partial charge in [-0.3, -0.25) is 9.48 Å². The van der Waals surface area contributed by atoms with Gasteiger partial charge in [0.1, 0.15) is 5.69 Å². The lowest BCUT2D eigenvalue weighted by Crippen LogP contribution is -2.22. The number of rotatable bonds is 5. The quantitative estimate of drug-likeness (QED) is 0.274. The molecule has 2 aromatic rings. The molecule has 0 aliphatic heterocycles. The molecule has 1 aromatic heterocycles. The highest BCUT2D eigenvalue weighted by Gasteiger charge is 2.27. The third-order valence-electron chi connectivity index (χ3n) is 3.77. The number of ether oxygens (including phenoxy) is 1. The molecule has 0 atom stereocenters. The van der Waals surface area contributed by atoms with Crippen molar-refractivity contribution in [1.82, 2.24) is 9.78 Å². The Morgan fingerprint density at radius 1 is 1.04 bits per heavy atom. The van der Waals surface area contributed by atoms with E-state index < -0.39 is 53.3 Å². The van der Waals surface area contributed by atoms with Crippen molar-refractivity contribution in [1.29, 1.82) is 0 Å².